The van der Waals surface area contributed by atoms with Crippen LogP contribution in [0.2, 0.25) is 0 Å². The first-order valence-corrected chi connectivity index (χ1v) is 13.1. The van der Waals surface area contributed by atoms with Crippen molar-refractivity contribution in [3.05, 3.63) is 47.0 Å². The largest absolute Gasteiger partial charge is 0.465 e. The molecular weight excluding hydrogens is 524 g/mol. The SMILES string of the molecule is CCOC(=O)C(N)C(OCC)n1ccc(C)c1C(=O)OC.CCOC(=O)C1NC(=O)c2c(C)ccn2C1OCC. The molecule has 3 N–H and O–H groups in total. The van der Waals surface area contributed by atoms with E-state index >= 15 is 0 Å². The number of ether oxygens (including phenoxy) is 5. The molecule has 4 atom stereocenters. The molecule has 0 aromatic carbocycles. The van der Waals surface area contributed by atoms with Crippen molar-refractivity contribution in [3.8, 4) is 0 Å². The van der Waals surface area contributed by atoms with Crippen LogP contribution in [0.15, 0.2) is 24.5 Å². The number of carbonyl (C=O) groups excluding carboxylic acids is 4. The van der Waals surface area contributed by atoms with Gasteiger partial charge in [-0.3, -0.25) is 9.59 Å². The van der Waals surface area contributed by atoms with Crippen LogP contribution < -0.4 is 11.1 Å². The smallest absolute Gasteiger partial charge is 0.355 e. The van der Waals surface area contributed by atoms with Crippen LogP contribution in [0.25, 0.3) is 0 Å². The van der Waals surface area contributed by atoms with Crippen molar-refractivity contribution in [1.82, 2.24) is 14.5 Å². The van der Waals surface area contributed by atoms with Crippen molar-refractivity contribution in [3.63, 3.8) is 0 Å². The number of amides is 1. The second-order valence-corrected chi connectivity index (χ2v) is 8.67. The fourth-order valence-electron chi connectivity index (χ4n) is 4.26. The van der Waals surface area contributed by atoms with Crippen LogP contribution >= 0.6 is 0 Å². The van der Waals surface area contributed by atoms with Crippen molar-refractivity contribution < 1.29 is 42.9 Å². The Morgan fingerprint density at radius 1 is 0.975 bits per heavy atom. The van der Waals surface area contributed by atoms with E-state index in [1.54, 1.807) is 50.7 Å². The quantitative estimate of drug-likeness (QED) is 0.305. The highest BCUT2D eigenvalue weighted by Crippen LogP contribution is 2.26. The highest BCUT2D eigenvalue weighted by molar-refractivity contribution is 5.98. The van der Waals surface area contributed by atoms with E-state index in [1.807, 2.05) is 19.9 Å². The third kappa shape index (κ3) is 7.29. The van der Waals surface area contributed by atoms with Crippen molar-refractivity contribution in [2.24, 2.45) is 5.73 Å². The second-order valence-electron chi connectivity index (χ2n) is 8.67. The Labute approximate surface area is 233 Å². The Hall–Kier alpha value is -3.68. The summed E-state index contributed by atoms with van der Waals surface area (Å²) in [4.78, 5) is 47.7. The van der Waals surface area contributed by atoms with Gasteiger partial charge < -0.3 is 43.9 Å². The first-order chi connectivity index (χ1) is 19.1. The maximum Gasteiger partial charge on any atom is 0.355 e. The first kappa shape index (κ1) is 32.5. The van der Waals surface area contributed by atoms with Gasteiger partial charge in [0.2, 0.25) is 0 Å². The minimum atomic E-state index is -1.04. The van der Waals surface area contributed by atoms with Crippen LogP contribution in [0.5, 0.6) is 0 Å². The minimum Gasteiger partial charge on any atom is -0.465 e. The lowest BCUT2D eigenvalue weighted by Gasteiger charge is -2.32. The molecule has 2 aromatic rings. The van der Waals surface area contributed by atoms with Crippen molar-refractivity contribution in [2.45, 2.75) is 66.1 Å². The lowest BCUT2D eigenvalue weighted by atomic mass is 10.1. The summed E-state index contributed by atoms with van der Waals surface area (Å²) < 4.78 is 29.0. The van der Waals surface area contributed by atoms with Gasteiger partial charge in [0.15, 0.2) is 18.5 Å². The average Bonchev–Trinajstić information content (AvgIpc) is 3.51. The maximum absolute atomic E-state index is 12.0. The zero-order valence-corrected chi connectivity index (χ0v) is 24.1. The number of aromatic nitrogens is 2. The molecular formula is C27H40N4O9. The molecule has 222 valence electrons. The van der Waals surface area contributed by atoms with Crippen LogP contribution in [-0.2, 0) is 33.3 Å². The number of fused-ring (bicyclic) bond motifs is 1. The van der Waals surface area contributed by atoms with E-state index in [2.05, 4.69) is 5.32 Å². The lowest BCUT2D eigenvalue weighted by Crippen LogP contribution is -2.53. The molecule has 0 bridgehead atoms. The molecule has 1 amide bonds. The predicted molar refractivity (Wildman–Crippen MR) is 143 cm³/mol. The van der Waals surface area contributed by atoms with Crippen molar-refractivity contribution in [1.29, 1.82) is 0 Å². The molecule has 13 heteroatoms. The van der Waals surface area contributed by atoms with Gasteiger partial charge in [-0.05, 0) is 64.8 Å². The fourth-order valence-corrected chi connectivity index (χ4v) is 4.26. The van der Waals surface area contributed by atoms with Crippen LogP contribution in [0.4, 0.5) is 0 Å². The monoisotopic (exact) mass is 564 g/mol. The number of rotatable bonds is 11. The van der Waals surface area contributed by atoms with Crippen LogP contribution in [0.3, 0.4) is 0 Å². The third-order valence-corrected chi connectivity index (χ3v) is 6.03. The van der Waals surface area contributed by atoms with Gasteiger partial charge in [0.1, 0.15) is 17.4 Å². The van der Waals surface area contributed by atoms with E-state index in [0.717, 1.165) is 5.56 Å². The zero-order chi connectivity index (χ0) is 30.0. The molecule has 4 unspecified atom stereocenters. The summed E-state index contributed by atoms with van der Waals surface area (Å²) >= 11 is 0. The Balaban J connectivity index is 0.000000281. The van der Waals surface area contributed by atoms with Gasteiger partial charge in [0.25, 0.3) is 5.91 Å². The molecule has 0 saturated carbocycles. The summed E-state index contributed by atoms with van der Waals surface area (Å²) in [7, 11) is 1.29. The van der Waals surface area contributed by atoms with E-state index in [0.29, 0.717) is 30.2 Å². The third-order valence-electron chi connectivity index (χ3n) is 6.03. The van der Waals surface area contributed by atoms with Gasteiger partial charge in [-0.2, -0.15) is 0 Å². The first-order valence-electron chi connectivity index (χ1n) is 13.1. The Morgan fingerprint density at radius 3 is 2.20 bits per heavy atom. The van der Waals surface area contributed by atoms with E-state index in [4.69, 9.17) is 29.4 Å². The van der Waals surface area contributed by atoms with Gasteiger partial charge in [0.05, 0.1) is 20.3 Å². The van der Waals surface area contributed by atoms with E-state index in [1.165, 1.54) is 11.7 Å². The molecule has 0 radical (unpaired) electrons. The molecule has 0 aliphatic carbocycles. The Kier molecular flexibility index (Phi) is 12.4. The van der Waals surface area contributed by atoms with Gasteiger partial charge in [-0.25, -0.2) is 9.59 Å². The van der Waals surface area contributed by atoms with Crippen LogP contribution in [0.1, 0.15) is 72.3 Å². The zero-order valence-electron chi connectivity index (χ0n) is 24.1. The number of aryl methyl sites for hydroxylation is 2. The molecule has 1 aliphatic heterocycles. The van der Waals surface area contributed by atoms with Gasteiger partial charge in [-0.1, -0.05) is 0 Å². The molecule has 0 saturated heterocycles. The molecule has 2 aromatic heterocycles. The lowest BCUT2D eigenvalue weighted by molar-refractivity contribution is -0.153. The Bertz CT molecular complexity index is 1170. The van der Waals surface area contributed by atoms with E-state index in [9.17, 15) is 19.2 Å². The standard InChI is InChI=1S/C14H22N2O5.C13H18N2O4/c1-5-20-12(10(15)13(17)21-6-2)16-8-7-9(3)11(16)14(18)19-4;1-4-18-12-9(13(17)19-5-2)14-11(16)10-8(3)6-7-15(10)12/h7-8,10,12H,5-6,15H2,1-4H3;6-7,9,12H,4-5H2,1-3H3,(H,14,16). The second kappa shape index (κ2) is 15.2. The maximum atomic E-state index is 12.0. The van der Waals surface area contributed by atoms with E-state index in [-0.39, 0.29) is 19.1 Å². The van der Waals surface area contributed by atoms with Gasteiger partial charge in [0, 0.05) is 25.6 Å². The van der Waals surface area contributed by atoms with Gasteiger partial charge >= 0.3 is 17.9 Å². The molecule has 0 spiro atoms. The highest BCUT2D eigenvalue weighted by Gasteiger charge is 2.40. The predicted octanol–water partition coefficient (Wildman–Crippen LogP) is 2.02. The summed E-state index contributed by atoms with van der Waals surface area (Å²) in [6.45, 7) is 11.9. The van der Waals surface area contributed by atoms with E-state index < -0.39 is 42.4 Å². The number of nitrogens with two attached hydrogens (primary N) is 1. The highest BCUT2D eigenvalue weighted by atomic mass is 16.6. The normalized spacial score (nSPS) is 17.4. The number of methoxy groups -OCH3 is 1. The van der Waals surface area contributed by atoms with Crippen LogP contribution in [0, 0.1) is 13.8 Å². The summed E-state index contributed by atoms with van der Waals surface area (Å²) in [6, 6.07) is 1.71. The summed E-state index contributed by atoms with van der Waals surface area (Å²) in [5.41, 5.74) is 8.30. The Morgan fingerprint density at radius 2 is 1.62 bits per heavy atom. The summed E-state index contributed by atoms with van der Waals surface area (Å²) in [6.07, 6.45) is 2.00. The molecule has 40 heavy (non-hydrogen) atoms. The fraction of sp³-hybridized carbons (Fsp3) is 0.556. The van der Waals surface area contributed by atoms with Crippen molar-refractivity contribution >= 4 is 23.8 Å². The number of nitrogens with one attached hydrogen (secondary N) is 1. The molecule has 3 rings (SSSR count). The topological polar surface area (TPSA) is 162 Å². The number of carbonyl (C=O) groups is 4. The van der Waals surface area contributed by atoms with Gasteiger partial charge in [-0.15, -0.1) is 0 Å². The molecule has 3 heterocycles. The summed E-state index contributed by atoms with van der Waals surface area (Å²) in [5, 5.41) is 2.66. The number of hydrogen-bond donors (Lipinski definition) is 2. The number of esters is 3. The number of nitrogens with zero attached hydrogens (tertiary/aromatic N) is 2. The molecule has 1 aliphatic rings. The number of hydrogen-bond acceptors (Lipinski definition) is 10. The minimum absolute atomic E-state index is 0.222. The summed E-state index contributed by atoms with van der Waals surface area (Å²) in [5.74, 6) is -1.86. The van der Waals surface area contributed by atoms with Crippen LogP contribution in [-0.4, -0.2) is 78.6 Å². The molecule has 13 nitrogen and oxygen atoms in total. The average molecular weight is 565 g/mol. The molecule has 0 fully saturated rings. The van der Waals surface area contributed by atoms with Crippen molar-refractivity contribution in [2.75, 3.05) is 33.5 Å².